The van der Waals surface area contributed by atoms with Gasteiger partial charge in [0.15, 0.2) is 0 Å². The van der Waals surface area contributed by atoms with Gasteiger partial charge in [0.25, 0.3) is 0 Å². The number of carbonyl (C=O) groups excluding carboxylic acids is 2. The smallest absolute Gasteiger partial charge is 0.321 e. The molecule has 2 unspecified atom stereocenters. The van der Waals surface area contributed by atoms with Gasteiger partial charge in [0, 0.05) is 19.1 Å². The van der Waals surface area contributed by atoms with E-state index in [0.717, 1.165) is 24.3 Å². The van der Waals surface area contributed by atoms with E-state index in [1.807, 2.05) is 6.92 Å². The maximum absolute atomic E-state index is 12.0. The normalized spacial score (nSPS) is 35.6. The number of imide groups is 1. The molecule has 4 fully saturated rings. The first-order chi connectivity index (χ1) is 9.64. The van der Waals surface area contributed by atoms with Crippen LogP contribution in [0.4, 0.5) is 4.79 Å². The molecule has 0 spiro atoms. The molecule has 5 heteroatoms. The average Bonchev–Trinajstić information content (AvgIpc) is 2.53. The predicted octanol–water partition coefficient (Wildman–Crippen LogP) is 1.34. The van der Waals surface area contributed by atoms with Crippen LogP contribution in [0.1, 0.15) is 39.0 Å². The minimum absolute atomic E-state index is 0.169. The van der Waals surface area contributed by atoms with Gasteiger partial charge in [0.1, 0.15) is 0 Å². The van der Waals surface area contributed by atoms with Gasteiger partial charge in [-0.1, -0.05) is 0 Å². The molecule has 0 aromatic carbocycles. The summed E-state index contributed by atoms with van der Waals surface area (Å²) in [5.74, 6) is 2.36. The van der Waals surface area contributed by atoms with Gasteiger partial charge in [-0.3, -0.25) is 15.0 Å². The quantitative estimate of drug-likeness (QED) is 0.819. The summed E-state index contributed by atoms with van der Waals surface area (Å²) in [6, 6.07) is 0.185. The summed E-state index contributed by atoms with van der Waals surface area (Å²) in [6.07, 6.45) is 6.61. The van der Waals surface area contributed by atoms with Crippen molar-refractivity contribution in [3.05, 3.63) is 0 Å². The van der Waals surface area contributed by atoms with Crippen LogP contribution in [0.2, 0.25) is 0 Å². The van der Waals surface area contributed by atoms with Crippen LogP contribution in [0.15, 0.2) is 0 Å². The minimum Gasteiger partial charge on any atom is -0.338 e. The number of amides is 3. The van der Waals surface area contributed by atoms with E-state index in [1.54, 1.807) is 0 Å². The molecular weight excluding hydrogens is 254 g/mol. The summed E-state index contributed by atoms with van der Waals surface area (Å²) >= 11 is 0. The van der Waals surface area contributed by atoms with Crippen molar-refractivity contribution in [3.8, 4) is 0 Å². The van der Waals surface area contributed by atoms with E-state index < -0.39 is 0 Å². The lowest BCUT2D eigenvalue weighted by molar-refractivity contribution is -0.121. The number of hydrogen-bond donors (Lipinski definition) is 2. The Balaban J connectivity index is 1.57. The third kappa shape index (κ3) is 2.97. The highest BCUT2D eigenvalue weighted by molar-refractivity contribution is 5.95. The monoisotopic (exact) mass is 279 g/mol. The van der Waals surface area contributed by atoms with Gasteiger partial charge >= 0.3 is 6.03 Å². The SMILES string of the molecule is CCNC(=O)NC(=O)CN1CC2C[C@@H]3CC1C[C@H](C2)C3. The molecule has 2 saturated heterocycles. The Hall–Kier alpha value is -1.10. The number of urea groups is 1. The zero-order chi connectivity index (χ0) is 14.1. The van der Waals surface area contributed by atoms with Crippen molar-refractivity contribution in [2.75, 3.05) is 19.6 Å². The second-order valence-electron chi connectivity index (χ2n) is 6.77. The van der Waals surface area contributed by atoms with Crippen molar-refractivity contribution >= 4 is 11.9 Å². The fourth-order valence-corrected chi connectivity index (χ4v) is 4.63. The highest BCUT2D eigenvalue weighted by Crippen LogP contribution is 2.47. The molecule has 2 heterocycles. The first-order valence-corrected chi connectivity index (χ1v) is 7.95. The number of hydrogen-bond acceptors (Lipinski definition) is 3. The van der Waals surface area contributed by atoms with E-state index in [2.05, 4.69) is 15.5 Å². The van der Waals surface area contributed by atoms with Crippen LogP contribution in [0.25, 0.3) is 0 Å². The molecule has 5 nitrogen and oxygen atoms in total. The Morgan fingerprint density at radius 2 is 1.70 bits per heavy atom. The second-order valence-corrected chi connectivity index (χ2v) is 6.77. The van der Waals surface area contributed by atoms with Gasteiger partial charge in [-0.2, -0.15) is 0 Å². The van der Waals surface area contributed by atoms with Gasteiger partial charge in [-0.05, 0) is 56.8 Å². The molecular formula is C15H25N3O2. The van der Waals surface area contributed by atoms with E-state index in [1.165, 1.54) is 32.1 Å². The molecule has 2 saturated carbocycles. The van der Waals surface area contributed by atoms with Gasteiger partial charge in [-0.15, -0.1) is 0 Å². The van der Waals surface area contributed by atoms with Crippen LogP contribution in [0.5, 0.6) is 0 Å². The van der Waals surface area contributed by atoms with Crippen LogP contribution in [-0.2, 0) is 4.79 Å². The molecule has 20 heavy (non-hydrogen) atoms. The van der Waals surface area contributed by atoms with Crippen molar-refractivity contribution < 1.29 is 9.59 Å². The van der Waals surface area contributed by atoms with Gasteiger partial charge in [-0.25, -0.2) is 4.79 Å². The molecule has 2 aliphatic heterocycles. The standard InChI is InChI=1S/C15H25N3O2/c1-2-16-15(20)17-14(19)9-18-8-12-4-10-3-11(5-12)7-13(18)6-10/h10-13H,2-9H2,1H3,(H2,16,17,19,20)/t10-,11+,12?,13?. The third-order valence-electron chi connectivity index (χ3n) is 5.16. The van der Waals surface area contributed by atoms with E-state index >= 15 is 0 Å². The molecule has 4 aliphatic rings. The molecule has 3 amide bonds. The molecule has 0 aromatic heterocycles. The Morgan fingerprint density at radius 1 is 1.05 bits per heavy atom. The van der Waals surface area contributed by atoms with E-state index in [9.17, 15) is 9.59 Å². The first kappa shape index (κ1) is 13.9. The molecule has 4 rings (SSSR count). The highest BCUT2D eigenvalue weighted by Gasteiger charge is 2.42. The summed E-state index contributed by atoms with van der Waals surface area (Å²) in [4.78, 5) is 25.7. The average molecular weight is 279 g/mol. The third-order valence-corrected chi connectivity index (χ3v) is 5.16. The fourth-order valence-electron chi connectivity index (χ4n) is 4.63. The highest BCUT2D eigenvalue weighted by atomic mass is 16.2. The van der Waals surface area contributed by atoms with Crippen molar-refractivity contribution in [3.63, 3.8) is 0 Å². The summed E-state index contributed by atoms with van der Waals surface area (Å²) in [6.45, 7) is 3.80. The van der Waals surface area contributed by atoms with Crippen molar-refractivity contribution in [1.29, 1.82) is 0 Å². The Morgan fingerprint density at radius 3 is 2.35 bits per heavy atom. The number of fused-ring (bicyclic) bond motifs is 1. The Bertz CT molecular complexity index is 385. The van der Waals surface area contributed by atoms with Crippen LogP contribution < -0.4 is 10.6 Å². The first-order valence-electron chi connectivity index (χ1n) is 7.95. The van der Waals surface area contributed by atoms with E-state index in [0.29, 0.717) is 19.1 Å². The lowest BCUT2D eigenvalue weighted by Crippen LogP contribution is -2.47. The van der Waals surface area contributed by atoms with Crippen LogP contribution >= 0.6 is 0 Å². The fraction of sp³-hybridized carbons (Fsp3) is 0.867. The summed E-state index contributed by atoms with van der Waals surface area (Å²) in [5, 5.41) is 5.02. The van der Waals surface area contributed by atoms with Crippen molar-refractivity contribution in [2.24, 2.45) is 17.8 Å². The van der Waals surface area contributed by atoms with Gasteiger partial charge < -0.3 is 5.32 Å². The van der Waals surface area contributed by atoms with Gasteiger partial charge in [0.05, 0.1) is 6.54 Å². The van der Waals surface area contributed by atoms with Crippen molar-refractivity contribution in [2.45, 2.75) is 45.1 Å². The lowest BCUT2D eigenvalue weighted by atomic mass is 9.68. The topological polar surface area (TPSA) is 61.4 Å². The maximum atomic E-state index is 12.0. The Kier molecular flexibility index (Phi) is 3.96. The second kappa shape index (κ2) is 5.72. The molecule has 112 valence electrons. The van der Waals surface area contributed by atoms with Gasteiger partial charge in [0.2, 0.25) is 5.91 Å². The number of carbonyl (C=O) groups is 2. The van der Waals surface area contributed by atoms with Crippen molar-refractivity contribution in [1.82, 2.24) is 15.5 Å². The Labute approximate surface area is 120 Å². The maximum Gasteiger partial charge on any atom is 0.321 e. The number of nitrogens with one attached hydrogen (secondary N) is 2. The molecule has 0 radical (unpaired) electrons. The largest absolute Gasteiger partial charge is 0.338 e. The van der Waals surface area contributed by atoms with E-state index in [-0.39, 0.29) is 11.9 Å². The zero-order valence-corrected chi connectivity index (χ0v) is 12.2. The lowest BCUT2D eigenvalue weighted by Gasteiger charge is -2.39. The zero-order valence-electron chi connectivity index (χ0n) is 12.2. The predicted molar refractivity (Wildman–Crippen MR) is 76.1 cm³/mol. The van der Waals surface area contributed by atoms with Crippen LogP contribution in [0, 0.1) is 17.8 Å². The molecule has 0 aromatic rings. The number of nitrogens with zero attached hydrogens (tertiary/aromatic N) is 1. The summed E-state index contributed by atoms with van der Waals surface area (Å²) in [5.41, 5.74) is 0. The van der Waals surface area contributed by atoms with Crippen LogP contribution in [0.3, 0.4) is 0 Å². The number of rotatable bonds is 3. The summed E-state index contributed by atoms with van der Waals surface area (Å²) < 4.78 is 0. The molecule has 4 bridgehead atoms. The molecule has 2 aliphatic carbocycles. The summed E-state index contributed by atoms with van der Waals surface area (Å²) in [7, 11) is 0. The molecule has 2 N–H and O–H groups in total. The van der Waals surface area contributed by atoms with E-state index in [4.69, 9.17) is 0 Å². The van der Waals surface area contributed by atoms with Crippen LogP contribution in [-0.4, -0.2) is 42.5 Å². The minimum atomic E-state index is -0.377. The molecule has 4 atom stereocenters.